The molecule has 1 aliphatic rings. The van der Waals surface area contributed by atoms with E-state index in [0.29, 0.717) is 5.65 Å². The molecule has 0 fully saturated rings. The number of imide groups is 1. The lowest BCUT2D eigenvalue weighted by atomic mass is 10.1. The number of imidazole rings is 1. The largest absolute Gasteiger partial charge is 0.338 e. The molecule has 2 amide bonds. The number of nitriles is 1. The predicted octanol–water partition coefficient (Wildman–Crippen LogP) is 3.09. The highest BCUT2D eigenvalue weighted by Gasteiger charge is 2.42. The average molecular weight is 340 g/mol. The van der Waals surface area contributed by atoms with Gasteiger partial charge in [-0.2, -0.15) is 5.26 Å². The fourth-order valence-corrected chi connectivity index (χ4v) is 3.62. The first kappa shape index (κ1) is 14.5. The molecule has 6 heteroatoms. The van der Waals surface area contributed by atoms with E-state index < -0.39 is 5.91 Å². The van der Waals surface area contributed by atoms with Gasteiger partial charge in [-0.1, -0.05) is 42.5 Å². The van der Waals surface area contributed by atoms with Gasteiger partial charge in [0.05, 0.1) is 23.1 Å². The molecule has 1 aliphatic heterocycles. The Morgan fingerprint density at radius 1 is 0.962 bits per heavy atom. The molecular formula is C20H12N4O2. The molecule has 2 aromatic carbocycles. The molecule has 26 heavy (non-hydrogen) atoms. The summed E-state index contributed by atoms with van der Waals surface area (Å²) in [6.45, 7) is 0.183. The molecule has 0 radical (unpaired) electrons. The van der Waals surface area contributed by atoms with Crippen molar-refractivity contribution < 1.29 is 9.59 Å². The van der Waals surface area contributed by atoms with Gasteiger partial charge >= 0.3 is 0 Å². The Hall–Kier alpha value is -3.85. The van der Waals surface area contributed by atoms with Gasteiger partial charge in [0.2, 0.25) is 0 Å². The van der Waals surface area contributed by atoms with Gasteiger partial charge in [-0.05, 0) is 17.7 Å². The van der Waals surface area contributed by atoms with Crippen LogP contribution >= 0.6 is 0 Å². The molecule has 2 aromatic heterocycles. The minimum absolute atomic E-state index is 0.183. The van der Waals surface area contributed by atoms with Crippen molar-refractivity contribution >= 4 is 28.5 Å². The molecule has 1 N–H and O–H groups in total. The van der Waals surface area contributed by atoms with Crippen LogP contribution in [0.2, 0.25) is 0 Å². The summed E-state index contributed by atoms with van der Waals surface area (Å²) in [6.07, 6.45) is 0. The summed E-state index contributed by atoms with van der Waals surface area (Å²) in [6, 6.07) is 18.9. The zero-order chi connectivity index (χ0) is 17.8. The number of rotatable bonds is 2. The Labute approximate surface area is 147 Å². The Morgan fingerprint density at radius 3 is 2.46 bits per heavy atom. The van der Waals surface area contributed by atoms with Gasteiger partial charge in [-0.25, -0.2) is 0 Å². The second-order valence-electron chi connectivity index (χ2n) is 6.22. The highest BCUT2D eigenvalue weighted by molar-refractivity contribution is 6.23. The molecule has 5 rings (SSSR count). The number of aromatic nitrogens is 2. The lowest BCUT2D eigenvalue weighted by Gasteiger charge is -2.14. The third kappa shape index (κ3) is 1.74. The van der Waals surface area contributed by atoms with E-state index in [1.165, 1.54) is 4.90 Å². The number of nitrogens with one attached hydrogen (secondary N) is 1. The summed E-state index contributed by atoms with van der Waals surface area (Å²) in [5.74, 6) is -0.804. The van der Waals surface area contributed by atoms with Crippen LogP contribution in [0.4, 0.5) is 0 Å². The van der Waals surface area contributed by atoms with E-state index in [1.54, 1.807) is 4.40 Å². The molecule has 0 unspecified atom stereocenters. The lowest BCUT2D eigenvalue weighted by Crippen LogP contribution is -2.30. The molecule has 4 aromatic rings. The second-order valence-corrected chi connectivity index (χ2v) is 6.22. The average Bonchev–Trinajstić information content (AvgIpc) is 3.26. The third-order valence-electron chi connectivity index (χ3n) is 4.77. The number of fused-ring (bicyclic) bond motifs is 5. The summed E-state index contributed by atoms with van der Waals surface area (Å²) in [7, 11) is 0. The van der Waals surface area contributed by atoms with Crippen LogP contribution in [0.15, 0.2) is 54.6 Å². The number of carbonyl (C=O) groups is 2. The van der Waals surface area contributed by atoms with Crippen LogP contribution in [-0.2, 0) is 6.54 Å². The smallest absolute Gasteiger partial charge is 0.278 e. The van der Waals surface area contributed by atoms with Gasteiger partial charge in [0.15, 0.2) is 0 Å². The Morgan fingerprint density at radius 2 is 1.69 bits per heavy atom. The summed E-state index contributed by atoms with van der Waals surface area (Å²) in [5.41, 5.74) is 3.58. The third-order valence-corrected chi connectivity index (χ3v) is 4.77. The van der Waals surface area contributed by atoms with Crippen molar-refractivity contribution in [1.82, 2.24) is 14.3 Å². The first-order chi connectivity index (χ1) is 12.7. The number of aromatic amines is 1. The molecule has 3 heterocycles. The monoisotopic (exact) mass is 340 g/mol. The Balaban J connectivity index is 1.74. The van der Waals surface area contributed by atoms with Crippen molar-refractivity contribution in [2.75, 3.05) is 0 Å². The van der Waals surface area contributed by atoms with Crippen molar-refractivity contribution in [1.29, 1.82) is 5.26 Å². The maximum Gasteiger partial charge on any atom is 0.278 e. The number of hydrogen-bond donors (Lipinski definition) is 1. The van der Waals surface area contributed by atoms with Crippen LogP contribution in [0.1, 0.15) is 32.0 Å². The van der Waals surface area contributed by atoms with Crippen LogP contribution in [0.5, 0.6) is 0 Å². The summed E-state index contributed by atoms with van der Waals surface area (Å²) in [4.78, 5) is 30.3. The number of carbonyl (C=O) groups excluding carboxylic acids is 2. The maximum atomic E-state index is 13.1. The minimum atomic E-state index is -0.424. The van der Waals surface area contributed by atoms with Crippen molar-refractivity contribution in [2.45, 2.75) is 6.54 Å². The predicted molar refractivity (Wildman–Crippen MR) is 94.6 cm³/mol. The van der Waals surface area contributed by atoms with Crippen LogP contribution in [0.3, 0.4) is 0 Å². The summed E-state index contributed by atoms with van der Waals surface area (Å²) >= 11 is 0. The van der Waals surface area contributed by atoms with E-state index in [-0.39, 0.29) is 29.3 Å². The Bertz CT molecular complexity index is 1260. The van der Waals surface area contributed by atoms with Gasteiger partial charge < -0.3 is 4.98 Å². The standard InChI is InChI=1S/C20H12N4O2/c21-10-13-16-17(24-15-9-5-4-8-14(15)22-18(13)24)20(26)23(19(16)25)11-12-6-2-1-3-7-12/h1-9,22H,11H2. The van der Waals surface area contributed by atoms with Crippen LogP contribution in [0.25, 0.3) is 16.7 Å². The molecule has 0 aliphatic carbocycles. The van der Waals surface area contributed by atoms with Gasteiger partial charge in [0, 0.05) is 0 Å². The lowest BCUT2D eigenvalue weighted by molar-refractivity contribution is 0.0639. The van der Waals surface area contributed by atoms with E-state index >= 15 is 0 Å². The topological polar surface area (TPSA) is 81.4 Å². The Kier molecular flexibility index (Phi) is 2.83. The first-order valence-corrected chi connectivity index (χ1v) is 8.16. The van der Waals surface area contributed by atoms with Crippen molar-refractivity contribution in [2.24, 2.45) is 0 Å². The quantitative estimate of drug-likeness (QED) is 0.569. The second kappa shape index (κ2) is 5.07. The van der Waals surface area contributed by atoms with Gasteiger partial charge in [0.1, 0.15) is 23.0 Å². The summed E-state index contributed by atoms with van der Waals surface area (Å²) < 4.78 is 1.69. The highest BCUT2D eigenvalue weighted by atomic mass is 16.2. The molecule has 0 saturated heterocycles. The van der Waals surface area contributed by atoms with Gasteiger partial charge in [0.25, 0.3) is 11.8 Å². The number of nitrogens with zero attached hydrogens (tertiary/aromatic N) is 3. The van der Waals surface area contributed by atoms with E-state index in [2.05, 4.69) is 11.1 Å². The van der Waals surface area contributed by atoms with Gasteiger partial charge in [-0.3, -0.25) is 18.9 Å². The molecule has 0 spiro atoms. The van der Waals surface area contributed by atoms with Crippen molar-refractivity contribution in [3.05, 3.63) is 77.0 Å². The highest BCUT2D eigenvalue weighted by Crippen LogP contribution is 2.34. The van der Waals surface area contributed by atoms with Crippen LogP contribution < -0.4 is 0 Å². The first-order valence-electron chi connectivity index (χ1n) is 8.16. The molecule has 124 valence electrons. The molecular weight excluding hydrogens is 328 g/mol. The molecule has 0 atom stereocenters. The molecule has 0 bridgehead atoms. The van der Waals surface area contributed by atoms with Crippen molar-refractivity contribution in [3.8, 4) is 6.07 Å². The zero-order valence-corrected chi connectivity index (χ0v) is 13.6. The fourth-order valence-electron chi connectivity index (χ4n) is 3.62. The number of benzene rings is 2. The van der Waals surface area contributed by atoms with E-state index in [1.807, 2.05) is 54.6 Å². The minimum Gasteiger partial charge on any atom is -0.338 e. The summed E-state index contributed by atoms with van der Waals surface area (Å²) in [5, 5.41) is 9.63. The van der Waals surface area contributed by atoms with E-state index in [4.69, 9.17) is 0 Å². The number of hydrogen-bond acceptors (Lipinski definition) is 3. The zero-order valence-electron chi connectivity index (χ0n) is 13.6. The molecule has 6 nitrogen and oxygen atoms in total. The fraction of sp³-hybridized carbons (Fsp3) is 0.0500. The van der Waals surface area contributed by atoms with Gasteiger partial charge in [-0.15, -0.1) is 0 Å². The van der Waals surface area contributed by atoms with E-state index in [9.17, 15) is 14.9 Å². The number of H-pyrrole nitrogens is 1. The number of amides is 2. The van der Waals surface area contributed by atoms with Crippen LogP contribution in [0, 0.1) is 11.3 Å². The number of para-hydroxylation sites is 2. The SMILES string of the molecule is N#Cc1c2c(n3c1[nH]c1ccccc13)C(=O)N(Cc1ccccc1)C2=O. The van der Waals surface area contributed by atoms with E-state index in [0.717, 1.165) is 16.6 Å². The maximum absolute atomic E-state index is 13.1. The molecule has 0 saturated carbocycles. The normalized spacial score (nSPS) is 13.6. The van der Waals surface area contributed by atoms with Crippen LogP contribution in [-0.4, -0.2) is 26.1 Å². The van der Waals surface area contributed by atoms with Crippen molar-refractivity contribution in [3.63, 3.8) is 0 Å².